The van der Waals surface area contributed by atoms with Gasteiger partial charge in [-0.1, -0.05) is 20.8 Å². The van der Waals surface area contributed by atoms with Crippen LogP contribution in [0.25, 0.3) is 0 Å². The normalized spacial score (nSPS) is 32.0. The molecule has 0 aromatic heterocycles. The van der Waals surface area contributed by atoms with Crippen molar-refractivity contribution in [2.24, 2.45) is 5.41 Å². The highest BCUT2D eigenvalue weighted by Gasteiger charge is 2.25. The summed E-state index contributed by atoms with van der Waals surface area (Å²) in [6, 6.07) is 0. The second-order valence-electron chi connectivity index (χ2n) is 4.88. The van der Waals surface area contributed by atoms with Gasteiger partial charge in [-0.25, -0.2) is 0 Å². The maximum atomic E-state index is 6.06. The molecule has 12 heavy (non-hydrogen) atoms. The molecule has 0 aromatic carbocycles. The molecule has 0 N–H and O–H groups in total. The van der Waals surface area contributed by atoms with Crippen molar-refractivity contribution in [2.45, 2.75) is 51.5 Å². The molecule has 1 aliphatic rings. The minimum absolute atomic E-state index is 0.339. The van der Waals surface area contributed by atoms with E-state index in [9.17, 15) is 0 Å². The standard InChI is InChI=1S/C10H19ClO/c1-10(2,3)7-9-6-8(11)4-5-12-9/h8-9H,4-7H2,1-3H3. The first kappa shape index (κ1) is 10.3. The van der Waals surface area contributed by atoms with E-state index in [-0.39, 0.29) is 0 Å². The van der Waals surface area contributed by atoms with Crippen molar-refractivity contribution in [3.8, 4) is 0 Å². The van der Waals surface area contributed by atoms with Gasteiger partial charge in [0.05, 0.1) is 6.10 Å². The predicted octanol–water partition coefficient (Wildman–Crippen LogP) is 3.21. The summed E-state index contributed by atoms with van der Waals surface area (Å²) < 4.78 is 5.64. The Kier molecular flexibility index (Phi) is 3.42. The van der Waals surface area contributed by atoms with Crippen LogP contribution in [-0.4, -0.2) is 18.1 Å². The first-order valence-corrected chi connectivity index (χ1v) is 5.17. The molecular weight excluding hydrogens is 172 g/mol. The summed E-state index contributed by atoms with van der Waals surface area (Å²) in [6.07, 6.45) is 3.55. The van der Waals surface area contributed by atoms with Crippen LogP contribution in [0, 0.1) is 5.41 Å². The molecule has 1 aliphatic heterocycles. The molecule has 1 heterocycles. The first-order chi connectivity index (χ1) is 5.47. The largest absolute Gasteiger partial charge is 0.378 e. The molecule has 1 fully saturated rings. The Balaban J connectivity index is 2.32. The molecule has 1 rings (SSSR count). The number of rotatable bonds is 1. The van der Waals surface area contributed by atoms with Crippen LogP contribution in [0.4, 0.5) is 0 Å². The van der Waals surface area contributed by atoms with Crippen LogP contribution in [-0.2, 0) is 4.74 Å². The van der Waals surface area contributed by atoms with E-state index in [1.54, 1.807) is 0 Å². The van der Waals surface area contributed by atoms with Gasteiger partial charge < -0.3 is 4.74 Å². The van der Waals surface area contributed by atoms with E-state index in [1.165, 1.54) is 0 Å². The molecule has 0 radical (unpaired) electrons. The molecule has 2 atom stereocenters. The van der Waals surface area contributed by atoms with E-state index in [1.807, 2.05) is 0 Å². The van der Waals surface area contributed by atoms with Gasteiger partial charge in [-0.05, 0) is 24.7 Å². The first-order valence-electron chi connectivity index (χ1n) is 4.73. The summed E-state index contributed by atoms with van der Waals surface area (Å²) in [4.78, 5) is 0. The molecule has 0 saturated carbocycles. The van der Waals surface area contributed by atoms with Gasteiger partial charge in [-0.3, -0.25) is 0 Å². The molecule has 0 aromatic rings. The van der Waals surface area contributed by atoms with Crippen molar-refractivity contribution in [3.05, 3.63) is 0 Å². The third-order valence-electron chi connectivity index (χ3n) is 2.14. The molecule has 2 heteroatoms. The summed E-state index contributed by atoms with van der Waals surface area (Å²) in [6.45, 7) is 7.57. The summed E-state index contributed by atoms with van der Waals surface area (Å²) in [5.41, 5.74) is 0.360. The van der Waals surface area contributed by atoms with Crippen molar-refractivity contribution in [3.63, 3.8) is 0 Å². The van der Waals surface area contributed by atoms with Gasteiger partial charge in [0, 0.05) is 12.0 Å². The molecule has 72 valence electrons. The topological polar surface area (TPSA) is 9.23 Å². The van der Waals surface area contributed by atoms with E-state index in [0.717, 1.165) is 25.9 Å². The zero-order valence-corrected chi connectivity index (χ0v) is 9.03. The zero-order chi connectivity index (χ0) is 9.19. The van der Waals surface area contributed by atoms with Gasteiger partial charge in [-0.15, -0.1) is 11.6 Å². The van der Waals surface area contributed by atoms with Crippen LogP contribution in [0.3, 0.4) is 0 Å². The minimum atomic E-state index is 0.339. The molecule has 0 bridgehead atoms. The van der Waals surface area contributed by atoms with Gasteiger partial charge >= 0.3 is 0 Å². The van der Waals surface area contributed by atoms with E-state index in [2.05, 4.69) is 20.8 Å². The number of ether oxygens (including phenoxy) is 1. The van der Waals surface area contributed by atoms with E-state index < -0.39 is 0 Å². The number of halogens is 1. The second kappa shape index (κ2) is 3.97. The monoisotopic (exact) mass is 190 g/mol. The molecule has 0 aliphatic carbocycles. The molecule has 0 amide bonds. The van der Waals surface area contributed by atoms with Crippen molar-refractivity contribution in [1.82, 2.24) is 0 Å². The van der Waals surface area contributed by atoms with Crippen LogP contribution in [0.15, 0.2) is 0 Å². The fourth-order valence-electron chi connectivity index (χ4n) is 1.66. The average molecular weight is 191 g/mol. The third kappa shape index (κ3) is 3.77. The van der Waals surface area contributed by atoms with E-state index in [0.29, 0.717) is 16.9 Å². The van der Waals surface area contributed by atoms with E-state index in [4.69, 9.17) is 16.3 Å². The van der Waals surface area contributed by atoms with Crippen LogP contribution < -0.4 is 0 Å². The molecule has 1 nitrogen and oxygen atoms in total. The SMILES string of the molecule is CC(C)(C)CC1CC(Cl)CCO1. The van der Waals surface area contributed by atoms with Gasteiger partial charge in [0.2, 0.25) is 0 Å². The molecule has 2 unspecified atom stereocenters. The summed E-state index contributed by atoms with van der Waals surface area (Å²) in [5.74, 6) is 0. The lowest BCUT2D eigenvalue weighted by Gasteiger charge is -2.31. The second-order valence-corrected chi connectivity index (χ2v) is 5.50. The Morgan fingerprint density at radius 1 is 1.42 bits per heavy atom. The lowest BCUT2D eigenvalue weighted by atomic mass is 9.87. The van der Waals surface area contributed by atoms with Crippen molar-refractivity contribution >= 4 is 11.6 Å². The van der Waals surface area contributed by atoms with Crippen molar-refractivity contribution in [1.29, 1.82) is 0 Å². The Labute approximate surface area is 80.4 Å². The maximum Gasteiger partial charge on any atom is 0.0594 e. The predicted molar refractivity (Wildman–Crippen MR) is 52.7 cm³/mol. The van der Waals surface area contributed by atoms with Gasteiger partial charge in [0.1, 0.15) is 0 Å². The summed E-state index contributed by atoms with van der Waals surface area (Å²) in [7, 11) is 0. The van der Waals surface area contributed by atoms with Gasteiger partial charge in [0.15, 0.2) is 0 Å². The number of hydrogen-bond donors (Lipinski definition) is 0. The van der Waals surface area contributed by atoms with Crippen LogP contribution in [0.1, 0.15) is 40.0 Å². The highest BCUT2D eigenvalue weighted by Crippen LogP contribution is 2.28. The quantitative estimate of drug-likeness (QED) is 0.577. The smallest absolute Gasteiger partial charge is 0.0594 e. The average Bonchev–Trinajstić information content (AvgIpc) is 1.82. The zero-order valence-electron chi connectivity index (χ0n) is 8.27. The van der Waals surface area contributed by atoms with Crippen molar-refractivity contribution in [2.75, 3.05) is 6.61 Å². The fourth-order valence-corrected chi connectivity index (χ4v) is 1.95. The maximum absolute atomic E-state index is 6.06. The van der Waals surface area contributed by atoms with E-state index >= 15 is 0 Å². The summed E-state index contributed by atoms with van der Waals surface area (Å²) in [5, 5.41) is 0.339. The Morgan fingerprint density at radius 2 is 2.08 bits per heavy atom. The van der Waals surface area contributed by atoms with Crippen LogP contribution in [0.5, 0.6) is 0 Å². The van der Waals surface area contributed by atoms with Crippen LogP contribution >= 0.6 is 11.6 Å². The lowest BCUT2D eigenvalue weighted by molar-refractivity contribution is -0.00528. The molecule has 0 spiro atoms. The minimum Gasteiger partial charge on any atom is -0.378 e. The van der Waals surface area contributed by atoms with Gasteiger partial charge in [0.25, 0.3) is 0 Å². The lowest BCUT2D eigenvalue weighted by Crippen LogP contribution is -2.29. The third-order valence-corrected chi connectivity index (χ3v) is 2.54. The highest BCUT2D eigenvalue weighted by atomic mass is 35.5. The Bertz CT molecular complexity index is 139. The fraction of sp³-hybridized carbons (Fsp3) is 1.00. The molecule has 1 saturated heterocycles. The Morgan fingerprint density at radius 3 is 2.58 bits per heavy atom. The summed E-state index contributed by atoms with van der Waals surface area (Å²) >= 11 is 6.06. The Hall–Kier alpha value is 0.250. The molecular formula is C10H19ClO. The van der Waals surface area contributed by atoms with Gasteiger partial charge in [-0.2, -0.15) is 0 Å². The van der Waals surface area contributed by atoms with Crippen LogP contribution in [0.2, 0.25) is 0 Å². The number of alkyl halides is 1. The highest BCUT2D eigenvalue weighted by molar-refractivity contribution is 6.20. The van der Waals surface area contributed by atoms with Crippen molar-refractivity contribution < 1.29 is 4.74 Å². The number of hydrogen-bond acceptors (Lipinski definition) is 1.